The molecular formula is C15H15ClO3. The Hall–Kier alpha value is -1.71. The highest BCUT2D eigenvalue weighted by molar-refractivity contribution is 6.31. The van der Waals surface area contributed by atoms with Crippen molar-refractivity contribution in [1.82, 2.24) is 0 Å². The number of phenols is 1. The topological polar surface area (TPSA) is 49.7 Å². The van der Waals surface area contributed by atoms with Crippen LogP contribution in [0.5, 0.6) is 11.5 Å². The van der Waals surface area contributed by atoms with Gasteiger partial charge in [-0.1, -0.05) is 23.7 Å². The van der Waals surface area contributed by atoms with E-state index in [1.54, 1.807) is 43.5 Å². The molecule has 4 heteroatoms. The quantitative estimate of drug-likeness (QED) is 0.904. The Morgan fingerprint density at radius 3 is 2.32 bits per heavy atom. The van der Waals surface area contributed by atoms with E-state index in [1.807, 2.05) is 6.92 Å². The normalized spacial score (nSPS) is 12.2. The van der Waals surface area contributed by atoms with Crippen LogP contribution in [0.3, 0.4) is 0 Å². The van der Waals surface area contributed by atoms with Gasteiger partial charge in [0.15, 0.2) is 0 Å². The molecule has 19 heavy (non-hydrogen) atoms. The third-order valence-corrected chi connectivity index (χ3v) is 3.27. The standard InChI is InChI=1S/C15H15ClO3/c1-9-7-12(16)14(13(17)8-9)15(18)10-3-5-11(19-2)6-4-10/h3-8,15,17-18H,1-2H3. The molecule has 0 heterocycles. The van der Waals surface area contributed by atoms with Crippen molar-refractivity contribution in [2.24, 2.45) is 0 Å². The van der Waals surface area contributed by atoms with E-state index in [-0.39, 0.29) is 5.75 Å². The summed E-state index contributed by atoms with van der Waals surface area (Å²) < 4.78 is 5.06. The SMILES string of the molecule is COc1ccc(C(O)c2c(O)cc(C)cc2Cl)cc1. The van der Waals surface area contributed by atoms with Gasteiger partial charge in [0.25, 0.3) is 0 Å². The first-order valence-electron chi connectivity index (χ1n) is 5.84. The summed E-state index contributed by atoms with van der Waals surface area (Å²) >= 11 is 6.09. The molecule has 1 atom stereocenters. The van der Waals surface area contributed by atoms with Crippen molar-refractivity contribution in [2.45, 2.75) is 13.0 Å². The number of hydrogen-bond donors (Lipinski definition) is 2. The van der Waals surface area contributed by atoms with Gasteiger partial charge in [-0.05, 0) is 42.3 Å². The average Bonchev–Trinajstić information content (AvgIpc) is 2.37. The van der Waals surface area contributed by atoms with Gasteiger partial charge < -0.3 is 14.9 Å². The minimum Gasteiger partial charge on any atom is -0.507 e. The van der Waals surface area contributed by atoms with Crippen molar-refractivity contribution in [1.29, 1.82) is 0 Å². The van der Waals surface area contributed by atoms with Gasteiger partial charge in [0.05, 0.1) is 12.1 Å². The van der Waals surface area contributed by atoms with E-state index in [1.165, 1.54) is 0 Å². The molecule has 0 aliphatic rings. The molecule has 3 nitrogen and oxygen atoms in total. The lowest BCUT2D eigenvalue weighted by molar-refractivity contribution is 0.215. The number of aromatic hydroxyl groups is 1. The molecule has 2 N–H and O–H groups in total. The second-order valence-corrected chi connectivity index (χ2v) is 4.76. The van der Waals surface area contributed by atoms with Crippen molar-refractivity contribution in [3.63, 3.8) is 0 Å². The zero-order valence-electron chi connectivity index (χ0n) is 10.7. The third kappa shape index (κ3) is 2.83. The molecule has 0 saturated carbocycles. The van der Waals surface area contributed by atoms with Gasteiger partial charge >= 0.3 is 0 Å². The predicted molar refractivity (Wildman–Crippen MR) is 74.9 cm³/mol. The fourth-order valence-corrected chi connectivity index (χ4v) is 2.33. The Labute approximate surface area is 117 Å². The van der Waals surface area contributed by atoms with E-state index < -0.39 is 6.10 Å². The van der Waals surface area contributed by atoms with Crippen LogP contribution < -0.4 is 4.74 Å². The van der Waals surface area contributed by atoms with Gasteiger partial charge in [0.2, 0.25) is 0 Å². The van der Waals surface area contributed by atoms with Crippen LogP contribution in [0.15, 0.2) is 36.4 Å². The van der Waals surface area contributed by atoms with Crippen LogP contribution in [0, 0.1) is 6.92 Å². The number of aryl methyl sites for hydroxylation is 1. The molecule has 0 aromatic heterocycles. The first-order valence-corrected chi connectivity index (χ1v) is 6.21. The van der Waals surface area contributed by atoms with E-state index in [9.17, 15) is 10.2 Å². The molecule has 0 saturated heterocycles. The third-order valence-electron chi connectivity index (χ3n) is 2.96. The minimum atomic E-state index is -0.973. The van der Waals surface area contributed by atoms with E-state index in [0.29, 0.717) is 21.9 Å². The molecule has 1 unspecified atom stereocenters. The summed E-state index contributed by atoms with van der Waals surface area (Å²) in [6.45, 7) is 1.83. The first-order chi connectivity index (χ1) is 9.02. The molecule has 0 spiro atoms. The monoisotopic (exact) mass is 278 g/mol. The summed E-state index contributed by atoms with van der Waals surface area (Å²) in [5, 5.41) is 20.6. The maximum Gasteiger partial charge on any atom is 0.123 e. The van der Waals surface area contributed by atoms with Gasteiger partial charge in [0.1, 0.15) is 17.6 Å². The van der Waals surface area contributed by atoms with Crippen molar-refractivity contribution < 1.29 is 14.9 Å². The number of ether oxygens (including phenoxy) is 1. The highest BCUT2D eigenvalue weighted by atomic mass is 35.5. The average molecular weight is 279 g/mol. The molecular weight excluding hydrogens is 264 g/mol. The molecule has 2 aromatic rings. The van der Waals surface area contributed by atoms with Gasteiger partial charge in [0, 0.05) is 5.56 Å². The summed E-state index contributed by atoms with van der Waals surface area (Å²) in [6.07, 6.45) is -0.973. The van der Waals surface area contributed by atoms with Gasteiger partial charge in [-0.25, -0.2) is 0 Å². The second kappa shape index (κ2) is 5.51. The first kappa shape index (κ1) is 13.7. The van der Waals surface area contributed by atoms with E-state index in [2.05, 4.69) is 0 Å². The number of phenolic OH excluding ortho intramolecular Hbond substituents is 1. The molecule has 0 bridgehead atoms. The molecule has 0 amide bonds. The smallest absolute Gasteiger partial charge is 0.123 e. The number of benzene rings is 2. The van der Waals surface area contributed by atoms with E-state index >= 15 is 0 Å². The fourth-order valence-electron chi connectivity index (χ4n) is 1.96. The van der Waals surface area contributed by atoms with Crippen molar-refractivity contribution in [3.8, 4) is 11.5 Å². The molecule has 0 fully saturated rings. The Bertz CT molecular complexity index is 555. The lowest BCUT2D eigenvalue weighted by Crippen LogP contribution is -2.01. The van der Waals surface area contributed by atoms with Gasteiger partial charge in [-0.15, -0.1) is 0 Å². The zero-order valence-corrected chi connectivity index (χ0v) is 11.5. The number of hydrogen-bond acceptors (Lipinski definition) is 3. The van der Waals surface area contributed by atoms with Crippen LogP contribution >= 0.6 is 11.6 Å². The summed E-state index contributed by atoms with van der Waals surface area (Å²) in [5.74, 6) is 0.698. The molecule has 0 radical (unpaired) electrons. The molecule has 2 aromatic carbocycles. The number of aliphatic hydroxyl groups excluding tert-OH is 1. The Morgan fingerprint density at radius 1 is 1.16 bits per heavy atom. The maximum absolute atomic E-state index is 10.3. The highest BCUT2D eigenvalue weighted by Gasteiger charge is 2.18. The van der Waals surface area contributed by atoms with E-state index in [4.69, 9.17) is 16.3 Å². The fraction of sp³-hybridized carbons (Fsp3) is 0.200. The van der Waals surface area contributed by atoms with Crippen LogP contribution in [-0.4, -0.2) is 17.3 Å². The number of methoxy groups -OCH3 is 1. The van der Waals surface area contributed by atoms with Crippen molar-refractivity contribution in [2.75, 3.05) is 7.11 Å². The Balaban J connectivity index is 2.40. The van der Waals surface area contributed by atoms with Crippen LogP contribution in [0.2, 0.25) is 5.02 Å². The van der Waals surface area contributed by atoms with Gasteiger partial charge in [-0.2, -0.15) is 0 Å². The number of halogens is 1. The van der Waals surface area contributed by atoms with E-state index in [0.717, 1.165) is 5.56 Å². The maximum atomic E-state index is 10.3. The molecule has 100 valence electrons. The van der Waals surface area contributed by atoms with Crippen LogP contribution in [-0.2, 0) is 0 Å². The lowest BCUT2D eigenvalue weighted by atomic mass is 9.99. The van der Waals surface area contributed by atoms with Gasteiger partial charge in [-0.3, -0.25) is 0 Å². The summed E-state index contributed by atoms with van der Waals surface area (Å²) in [7, 11) is 1.58. The number of rotatable bonds is 3. The minimum absolute atomic E-state index is 0.00619. The Kier molecular flexibility index (Phi) is 3.98. The molecule has 0 aliphatic carbocycles. The lowest BCUT2D eigenvalue weighted by Gasteiger charge is -2.16. The number of aliphatic hydroxyl groups is 1. The largest absolute Gasteiger partial charge is 0.507 e. The summed E-state index contributed by atoms with van der Waals surface area (Å²) in [5.41, 5.74) is 1.80. The highest BCUT2D eigenvalue weighted by Crippen LogP contribution is 2.36. The molecule has 0 aliphatic heterocycles. The van der Waals surface area contributed by atoms with Crippen LogP contribution in [0.1, 0.15) is 22.8 Å². The predicted octanol–water partition coefficient (Wildman–Crippen LogP) is 3.44. The van der Waals surface area contributed by atoms with Crippen molar-refractivity contribution in [3.05, 3.63) is 58.1 Å². The van der Waals surface area contributed by atoms with Crippen LogP contribution in [0.25, 0.3) is 0 Å². The zero-order chi connectivity index (χ0) is 14.0. The van der Waals surface area contributed by atoms with Crippen LogP contribution in [0.4, 0.5) is 0 Å². The summed E-state index contributed by atoms with van der Waals surface area (Å²) in [6, 6.07) is 10.3. The summed E-state index contributed by atoms with van der Waals surface area (Å²) in [4.78, 5) is 0. The second-order valence-electron chi connectivity index (χ2n) is 4.36. The Morgan fingerprint density at radius 2 is 1.79 bits per heavy atom. The molecule has 2 rings (SSSR count). The van der Waals surface area contributed by atoms with Crippen molar-refractivity contribution >= 4 is 11.6 Å².